The number of hydrogen-bond donors (Lipinski definition) is 1. The molecule has 0 aliphatic heterocycles. The van der Waals surface area contributed by atoms with Crippen LogP contribution in [0.4, 0.5) is 4.39 Å². The van der Waals surface area contributed by atoms with Crippen LogP contribution in [-0.4, -0.2) is 11.4 Å². The molecule has 0 spiro atoms. The summed E-state index contributed by atoms with van der Waals surface area (Å²) in [4.78, 5) is 0. The Morgan fingerprint density at radius 2 is 2.06 bits per heavy atom. The first-order valence-electron chi connectivity index (χ1n) is 5.61. The van der Waals surface area contributed by atoms with Crippen LogP contribution in [-0.2, 0) is 6.54 Å². The van der Waals surface area contributed by atoms with Crippen LogP contribution >= 0.6 is 11.6 Å². The van der Waals surface area contributed by atoms with E-state index in [1.54, 1.807) is 12.1 Å². The molecule has 1 nitrogen and oxygen atoms in total. The number of benzene rings is 1. The molecule has 16 heavy (non-hydrogen) atoms. The SMILES string of the molecule is Cc1ccc(F)cc1CNC(C)CC(C)Cl. The van der Waals surface area contributed by atoms with Crippen molar-refractivity contribution >= 4 is 11.6 Å². The van der Waals surface area contributed by atoms with Crippen molar-refractivity contribution < 1.29 is 4.39 Å². The molecule has 1 aromatic carbocycles. The number of rotatable bonds is 5. The monoisotopic (exact) mass is 243 g/mol. The summed E-state index contributed by atoms with van der Waals surface area (Å²) in [5.74, 6) is -0.180. The molecule has 0 radical (unpaired) electrons. The summed E-state index contributed by atoms with van der Waals surface area (Å²) in [6, 6.07) is 5.22. The summed E-state index contributed by atoms with van der Waals surface area (Å²) in [6.45, 7) is 6.75. The lowest BCUT2D eigenvalue weighted by Crippen LogP contribution is -2.27. The lowest BCUT2D eigenvalue weighted by molar-refractivity contribution is 0.509. The Hall–Kier alpha value is -0.600. The van der Waals surface area contributed by atoms with Crippen molar-refractivity contribution in [2.75, 3.05) is 0 Å². The lowest BCUT2D eigenvalue weighted by Gasteiger charge is -2.16. The average molecular weight is 244 g/mol. The molecule has 1 aromatic rings. The van der Waals surface area contributed by atoms with Crippen LogP contribution in [0.15, 0.2) is 18.2 Å². The lowest BCUT2D eigenvalue weighted by atomic mass is 10.1. The van der Waals surface area contributed by atoms with Crippen molar-refractivity contribution in [2.24, 2.45) is 0 Å². The first-order valence-corrected chi connectivity index (χ1v) is 6.05. The van der Waals surface area contributed by atoms with Crippen LogP contribution in [0.3, 0.4) is 0 Å². The number of hydrogen-bond acceptors (Lipinski definition) is 1. The maximum absolute atomic E-state index is 13.0. The summed E-state index contributed by atoms with van der Waals surface area (Å²) in [5.41, 5.74) is 2.12. The van der Waals surface area contributed by atoms with E-state index in [0.717, 1.165) is 17.5 Å². The van der Waals surface area contributed by atoms with Crippen LogP contribution in [0, 0.1) is 12.7 Å². The molecule has 90 valence electrons. The van der Waals surface area contributed by atoms with Crippen LogP contribution in [0.25, 0.3) is 0 Å². The van der Waals surface area contributed by atoms with E-state index in [1.165, 1.54) is 6.07 Å². The van der Waals surface area contributed by atoms with Crippen molar-refractivity contribution in [2.45, 2.75) is 45.2 Å². The Kier molecular flexibility index (Phi) is 5.23. The highest BCUT2D eigenvalue weighted by molar-refractivity contribution is 6.20. The topological polar surface area (TPSA) is 12.0 Å². The summed E-state index contributed by atoms with van der Waals surface area (Å²) in [6.07, 6.45) is 0.913. The Labute approximate surface area is 102 Å². The van der Waals surface area contributed by atoms with Crippen molar-refractivity contribution in [3.63, 3.8) is 0 Å². The summed E-state index contributed by atoms with van der Waals surface area (Å²) >= 11 is 5.91. The van der Waals surface area contributed by atoms with Crippen molar-refractivity contribution in [3.05, 3.63) is 35.1 Å². The molecule has 0 heterocycles. The molecule has 2 atom stereocenters. The Bertz CT molecular complexity index is 339. The minimum Gasteiger partial charge on any atom is -0.310 e. The van der Waals surface area contributed by atoms with Crippen LogP contribution < -0.4 is 5.32 Å². The van der Waals surface area contributed by atoms with E-state index in [1.807, 2.05) is 13.8 Å². The van der Waals surface area contributed by atoms with Gasteiger partial charge in [-0.2, -0.15) is 0 Å². The highest BCUT2D eigenvalue weighted by Crippen LogP contribution is 2.11. The van der Waals surface area contributed by atoms with Gasteiger partial charge in [0.1, 0.15) is 5.82 Å². The molecular formula is C13H19ClFN. The quantitative estimate of drug-likeness (QED) is 0.779. The molecule has 0 aliphatic rings. The molecule has 1 N–H and O–H groups in total. The van der Waals surface area contributed by atoms with E-state index in [2.05, 4.69) is 12.2 Å². The zero-order chi connectivity index (χ0) is 12.1. The first kappa shape index (κ1) is 13.5. The van der Waals surface area contributed by atoms with Gasteiger partial charge < -0.3 is 5.32 Å². The van der Waals surface area contributed by atoms with Gasteiger partial charge in [0.2, 0.25) is 0 Å². The van der Waals surface area contributed by atoms with E-state index >= 15 is 0 Å². The fourth-order valence-corrected chi connectivity index (χ4v) is 1.95. The zero-order valence-corrected chi connectivity index (χ0v) is 10.8. The van der Waals surface area contributed by atoms with E-state index in [0.29, 0.717) is 12.6 Å². The number of alkyl halides is 1. The molecule has 1 rings (SSSR count). The second kappa shape index (κ2) is 6.21. The van der Waals surface area contributed by atoms with Crippen LogP contribution in [0.2, 0.25) is 0 Å². The highest BCUT2D eigenvalue weighted by atomic mass is 35.5. The van der Waals surface area contributed by atoms with E-state index in [4.69, 9.17) is 11.6 Å². The molecule has 2 unspecified atom stereocenters. The molecule has 0 fully saturated rings. The van der Waals surface area contributed by atoms with E-state index in [-0.39, 0.29) is 11.2 Å². The molecule has 0 aliphatic carbocycles. The highest BCUT2D eigenvalue weighted by Gasteiger charge is 2.07. The predicted molar refractivity (Wildman–Crippen MR) is 67.4 cm³/mol. The van der Waals surface area contributed by atoms with Crippen LogP contribution in [0.5, 0.6) is 0 Å². The summed E-state index contributed by atoms with van der Waals surface area (Å²) < 4.78 is 13.0. The molecule has 3 heteroatoms. The maximum Gasteiger partial charge on any atom is 0.123 e. The molecule has 0 bridgehead atoms. The standard InChI is InChI=1S/C13H19ClFN/c1-9-4-5-13(15)7-12(9)8-16-11(3)6-10(2)14/h4-5,7,10-11,16H,6,8H2,1-3H3. The van der Waals surface area contributed by atoms with Gasteiger partial charge in [-0.25, -0.2) is 4.39 Å². The van der Waals surface area contributed by atoms with Crippen LogP contribution in [0.1, 0.15) is 31.4 Å². The zero-order valence-electron chi connectivity index (χ0n) is 10.1. The minimum atomic E-state index is -0.180. The van der Waals surface area contributed by atoms with Gasteiger partial charge in [0, 0.05) is 18.0 Å². The largest absolute Gasteiger partial charge is 0.310 e. The fourth-order valence-electron chi connectivity index (χ4n) is 1.69. The van der Waals surface area contributed by atoms with E-state index in [9.17, 15) is 4.39 Å². The number of nitrogens with one attached hydrogen (secondary N) is 1. The van der Waals surface area contributed by atoms with Crippen molar-refractivity contribution in [3.8, 4) is 0 Å². The Morgan fingerprint density at radius 3 is 2.69 bits per heavy atom. The average Bonchev–Trinajstić information content (AvgIpc) is 2.18. The Morgan fingerprint density at radius 1 is 1.38 bits per heavy atom. The molecule has 0 amide bonds. The first-order chi connectivity index (χ1) is 7.49. The maximum atomic E-state index is 13.0. The Balaban J connectivity index is 2.51. The van der Waals surface area contributed by atoms with Gasteiger partial charge >= 0.3 is 0 Å². The van der Waals surface area contributed by atoms with Gasteiger partial charge in [-0.1, -0.05) is 6.07 Å². The van der Waals surface area contributed by atoms with Gasteiger partial charge in [0.25, 0.3) is 0 Å². The van der Waals surface area contributed by atoms with Gasteiger partial charge in [-0.3, -0.25) is 0 Å². The van der Waals surface area contributed by atoms with Crippen molar-refractivity contribution in [1.29, 1.82) is 0 Å². The van der Waals surface area contributed by atoms with Gasteiger partial charge in [-0.15, -0.1) is 11.6 Å². The summed E-state index contributed by atoms with van der Waals surface area (Å²) in [5, 5.41) is 3.51. The second-order valence-electron chi connectivity index (χ2n) is 4.37. The normalized spacial score (nSPS) is 14.8. The minimum absolute atomic E-state index is 0.163. The third kappa shape index (κ3) is 4.50. The number of aryl methyl sites for hydroxylation is 1. The molecular weight excluding hydrogens is 225 g/mol. The van der Waals surface area contributed by atoms with E-state index < -0.39 is 0 Å². The molecule has 0 saturated heterocycles. The van der Waals surface area contributed by atoms with Gasteiger partial charge in [0.05, 0.1) is 0 Å². The number of halogens is 2. The second-order valence-corrected chi connectivity index (χ2v) is 5.11. The van der Waals surface area contributed by atoms with Gasteiger partial charge in [0.15, 0.2) is 0 Å². The summed E-state index contributed by atoms with van der Waals surface area (Å²) in [7, 11) is 0. The third-order valence-electron chi connectivity index (χ3n) is 2.63. The van der Waals surface area contributed by atoms with Gasteiger partial charge in [-0.05, 0) is 50.5 Å². The fraction of sp³-hybridized carbons (Fsp3) is 0.538. The third-order valence-corrected chi connectivity index (χ3v) is 2.81. The van der Waals surface area contributed by atoms with Crippen molar-refractivity contribution in [1.82, 2.24) is 5.32 Å². The molecule has 0 aromatic heterocycles. The predicted octanol–water partition coefficient (Wildman–Crippen LogP) is 3.63. The molecule has 0 saturated carbocycles. The smallest absolute Gasteiger partial charge is 0.123 e.